The summed E-state index contributed by atoms with van der Waals surface area (Å²) in [6.07, 6.45) is 1.59. The molecule has 0 saturated carbocycles. The van der Waals surface area contributed by atoms with Crippen LogP contribution in [0.25, 0.3) is 0 Å². The maximum Gasteiger partial charge on any atom is 0.225 e. The number of aromatic nitrogens is 2. The molecule has 17 heavy (non-hydrogen) atoms. The molecule has 0 N–H and O–H groups in total. The van der Waals surface area contributed by atoms with Crippen LogP contribution < -0.4 is 4.90 Å². The molecule has 1 aromatic heterocycles. The normalized spacial score (nSPS) is 17.8. The van der Waals surface area contributed by atoms with Crippen molar-refractivity contribution in [1.29, 1.82) is 0 Å². The summed E-state index contributed by atoms with van der Waals surface area (Å²) in [4.78, 5) is 10.2. The molecule has 0 aromatic carbocycles. The Morgan fingerprint density at radius 2 is 1.94 bits per heavy atom. The Bertz CT molecular complexity index is 304. The molecule has 0 bridgehead atoms. The van der Waals surface area contributed by atoms with Crippen molar-refractivity contribution in [2.45, 2.75) is 47.2 Å². The highest BCUT2D eigenvalue weighted by atomic mass is 19.1. The van der Waals surface area contributed by atoms with Gasteiger partial charge in [0.15, 0.2) is 0 Å². The van der Waals surface area contributed by atoms with E-state index in [1.54, 1.807) is 6.20 Å². The van der Waals surface area contributed by atoms with Gasteiger partial charge in [0.25, 0.3) is 0 Å². The first-order valence-corrected chi connectivity index (χ1v) is 6.44. The molecule has 3 nitrogen and oxygen atoms in total. The van der Waals surface area contributed by atoms with Gasteiger partial charge in [-0.15, -0.1) is 0 Å². The molecular formula is C13H24FN3. The Hall–Kier alpha value is -1.19. The monoisotopic (exact) mass is 241 g/mol. The third-order valence-electron chi connectivity index (χ3n) is 2.20. The van der Waals surface area contributed by atoms with Crippen molar-refractivity contribution in [2.24, 2.45) is 0 Å². The van der Waals surface area contributed by atoms with Crippen LogP contribution >= 0.6 is 0 Å². The van der Waals surface area contributed by atoms with Gasteiger partial charge in [0.2, 0.25) is 5.95 Å². The molecule has 2 heterocycles. The van der Waals surface area contributed by atoms with Crippen LogP contribution in [0.3, 0.4) is 0 Å². The van der Waals surface area contributed by atoms with Gasteiger partial charge >= 0.3 is 0 Å². The number of hydrogen-bond donors (Lipinski definition) is 0. The maximum absolute atomic E-state index is 12.9. The summed E-state index contributed by atoms with van der Waals surface area (Å²) < 4.78 is 12.9. The molecule has 1 fully saturated rings. The zero-order chi connectivity index (χ0) is 13.3. The van der Waals surface area contributed by atoms with Crippen LogP contribution in [0.4, 0.5) is 10.3 Å². The van der Waals surface area contributed by atoms with Gasteiger partial charge in [-0.25, -0.2) is 14.4 Å². The highest BCUT2D eigenvalue weighted by molar-refractivity contribution is 5.31. The van der Waals surface area contributed by atoms with Crippen LogP contribution in [0.1, 0.15) is 39.8 Å². The maximum atomic E-state index is 12.9. The molecule has 1 atom stereocenters. The summed E-state index contributed by atoms with van der Waals surface area (Å²) in [7, 11) is 0. The number of halogens is 1. The Morgan fingerprint density at radius 1 is 1.29 bits per heavy atom. The highest BCUT2D eigenvalue weighted by Crippen LogP contribution is 2.17. The average Bonchev–Trinajstić information content (AvgIpc) is 2.81. The van der Waals surface area contributed by atoms with Gasteiger partial charge in [-0.2, -0.15) is 0 Å². The molecule has 1 saturated heterocycles. The molecule has 1 aliphatic rings. The van der Waals surface area contributed by atoms with Crippen molar-refractivity contribution >= 4 is 5.95 Å². The molecule has 1 unspecified atom stereocenters. The third-order valence-corrected chi connectivity index (χ3v) is 2.20. The van der Waals surface area contributed by atoms with E-state index in [1.807, 2.05) is 45.6 Å². The van der Waals surface area contributed by atoms with E-state index in [9.17, 15) is 4.39 Å². The number of alkyl halides is 1. The third kappa shape index (κ3) is 5.11. The lowest BCUT2D eigenvalue weighted by molar-refractivity contribution is 0.364. The van der Waals surface area contributed by atoms with E-state index in [4.69, 9.17) is 0 Å². The topological polar surface area (TPSA) is 29.0 Å². The minimum absolute atomic E-state index is 0.434. The van der Waals surface area contributed by atoms with Crippen molar-refractivity contribution in [2.75, 3.05) is 18.0 Å². The predicted molar refractivity (Wildman–Crippen MR) is 71.2 cm³/mol. The van der Waals surface area contributed by atoms with Gasteiger partial charge in [-0.05, 0) is 19.4 Å². The molecule has 4 heteroatoms. The highest BCUT2D eigenvalue weighted by Gasteiger charge is 2.23. The van der Waals surface area contributed by atoms with Crippen LogP contribution in [0.2, 0.25) is 0 Å². The summed E-state index contributed by atoms with van der Waals surface area (Å²) >= 11 is 0. The van der Waals surface area contributed by atoms with Crippen molar-refractivity contribution in [1.82, 2.24) is 9.97 Å². The molecule has 1 aliphatic heterocycles. The summed E-state index contributed by atoms with van der Waals surface area (Å²) in [5, 5.41) is 0. The van der Waals surface area contributed by atoms with Gasteiger partial charge in [0, 0.05) is 18.4 Å². The first kappa shape index (κ1) is 15.8. The van der Waals surface area contributed by atoms with E-state index in [1.165, 1.54) is 0 Å². The van der Waals surface area contributed by atoms with Crippen LogP contribution in [0.15, 0.2) is 12.3 Å². The second-order valence-corrected chi connectivity index (χ2v) is 3.33. The number of anilines is 1. The zero-order valence-corrected chi connectivity index (χ0v) is 11.6. The van der Waals surface area contributed by atoms with Gasteiger partial charge in [0.1, 0.15) is 6.17 Å². The fourth-order valence-corrected chi connectivity index (χ4v) is 1.49. The van der Waals surface area contributed by atoms with E-state index < -0.39 is 6.17 Å². The van der Waals surface area contributed by atoms with E-state index >= 15 is 0 Å². The van der Waals surface area contributed by atoms with Crippen LogP contribution in [0, 0.1) is 6.92 Å². The predicted octanol–water partition coefficient (Wildman–Crippen LogP) is 3.39. The molecule has 1 aromatic rings. The van der Waals surface area contributed by atoms with E-state index in [0.717, 1.165) is 12.2 Å². The lowest BCUT2D eigenvalue weighted by atomic mass is 10.3. The fraction of sp³-hybridized carbons (Fsp3) is 0.692. The minimum atomic E-state index is -0.718. The first-order chi connectivity index (χ1) is 8.25. The standard InChI is InChI=1S/C9H12FN3.2C2H6/c1-7-2-4-11-9(12-7)13-5-3-8(10)6-13;2*1-2/h2,4,8H,3,5-6H2,1H3;2*1-2H3. The lowest BCUT2D eigenvalue weighted by Gasteiger charge is -2.14. The number of aryl methyl sites for hydroxylation is 1. The van der Waals surface area contributed by atoms with Gasteiger partial charge in [-0.1, -0.05) is 27.7 Å². The van der Waals surface area contributed by atoms with E-state index in [-0.39, 0.29) is 0 Å². The Labute approximate surface area is 104 Å². The first-order valence-electron chi connectivity index (χ1n) is 6.44. The number of rotatable bonds is 1. The Balaban J connectivity index is 0.000000581. The van der Waals surface area contributed by atoms with Crippen molar-refractivity contribution in [3.05, 3.63) is 18.0 Å². The fourth-order valence-electron chi connectivity index (χ4n) is 1.49. The average molecular weight is 241 g/mol. The molecule has 2 rings (SSSR count). The summed E-state index contributed by atoms with van der Waals surface area (Å²) in [6.45, 7) is 11.1. The van der Waals surface area contributed by atoms with Gasteiger partial charge < -0.3 is 4.90 Å². The lowest BCUT2D eigenvalue weighted by Crippen LogP contribution is -2.22. The molecular weight excluding hydrogens is 217 g/mol. The Morgan fingerprint density at radius 3 is 2.41 bits per heavy atom. The molecule has 0 spiro atoms. The Kier molecular flexibility index (Phi) is 8.28. The molecule has 0 radical (unpaired) electrons. The second-order valence-electron chi connectivity index (χ2n) is 3.33. The summed E-state index contributed by atoms with van der Waals surface area (Å²) in [5.41, 5.74) is 0.923. The summed E-state index contributed by atoms with van der Waals surface area (Å²) in [6, 6.07) is 1.84. The van der Waals surface area contributed by atoms with Crippen molar-refractivity contribution < 1.29 is 4.39 Å². The van der Waals surface area contributed by atoms with Gasteiger partial charge in [0.05, 0.1) is 6.54 Å². The van der Waals surface area contributed by atoms with E-state index in [0.29, 0.717) is 18.9 Å². The number of hydrogen-bond acceptors (Lipinski definition) is 3. The van der Waals surface area contributed by atoms with Crippen LogP contribution in [0.5, 0.6) is 0 Å². The molecule has 0 aliphatic carbocycles. The summed E-state index contributed by atoms with van der Waals surface area (Å²) in [5.74, 6) is 0.653. The van der Waals surface area contributed by atoms with Gasteiger partial charge in [-0.3, -0.25) is 0 Å². The second kappa shape index (κ2) is 8.90. The smallest absolute Gasteiger partial charge is 0.225 e. The van der Waals surface area contributed by atoms with Crippen molar-refractivity contribution in [3.63, 3.8) is 0 Å². The zero-order valence-electron chi connectivity index (χ0n) is 11.6. The minimum Gasteiger partial charge on any atom is -0.338 e. The largest absolute Gasteiger partial charge is 0.338 e. The molecule has 0 amide bonds. The quantitative estimate of drug-likeness (QED) is 0.754. The van der Waals surface area contributed by atoms with Crippen LogP contribution in [-0.4, -0.2) is 29.2 Å². The number of nitrogens with zero attached hydrogens (tertiary/aromatic N) is 3. The molecule has 98 valence electrons. The van der Waals surface area contributed by atoms with Crippen molar-refractivity contribution in [3.8, 4) is 0 Å². The SMILES string of the molecule is CC.CC.Cc1ccnc(N2CCC(F)C2)n1. The van der Waals surface area contributed by atoms with Crippen LogP contribution in [-0.2, 0) is 0 Å². The van der Waals surface area contributed by atoms with E-state index in [2.05, 4.69) is 9.97 Å².